The Bertz CT molecular complexity index is 537. The first-order valence-electron chi connectivity index (χ1n) is 8.72. The van der Waals surface area contributed by atoms with Gasteiger partial charge in [0.05, 0.1) is 5.56 Å². The Morgan fingerprint density at radius 3 is 2.65 bits per heavy atom. The number of aryl methyl sites for hydroxylation is 1. The number of aromatic carboxylic acids is 1. The molecule has 1 aliphatic carbocycles. The Balaban J connectivity index is 1.87. The van der Waals surface area contributed by atoms with Gasteiger partial charge in [0.2, 0.25) is 5.91 Å². The van der Waals surface area contributed by atoms with Gasteiger partial charge >= 0.3 is 5.97 Å². The highest BCUT2D eigenvalue weighted by Crippen LogP contribution is 2.31. The predicted octanol–water partition coefficient (Wildman–Crippen LogP) is 3.79. The van der Waals surface area contributed by atoms with Crippen LogP contribution in [0.3, 0.4) is 0 Å². The van der Waals surface area contributed by atoms with Crippen LogP contribution >= 0.6 is 0 Å². The summed E-state index contributed by atoms with van der Waals surface area (Å²) in [4.78, 5) is 23.5. The molecule has 2 rings (SSSR count). The van der Waals surface area contributed by atoms with Gasteiger partial charge in [0, 0.05) is 12.5 Å². The highest BCUT2D eigenvalue weighted by atomic mass is 16.4. The smallest absolute Gasteiger partial charge is 0.335 e. The van der Waals surface area contributed by atoms with Gasteiger partial charge < -0.3 is 10.4 Å². The van der Waals surface area contributed by atoms with Crippen molar-refractivity contribution in [2.75, 3.05) is 0 Å². The number of carboxylic acids is 1. The highest BCUT2D eigenvalue weighted by molar-refractivity contribution is 5.89. The summed E-state index contributed by atoms with van der Waals surface area (Å²) in [7, 11) is 0. The minimum absolute atomic E-state index is 0.0400. The molecule has 4 heteroatoms. The van der Waals surface area contributed by atoms with E-state index in [4.69, 9.17) is 0 Å². The van der Waals surface area contributed by atoms with Crippen LogP contribution in [0.1, 0.15) is 67.8 Å². The number of hydrogen-bond donors (Lipinski definition) is 2. The lowest BCUT2D eigenvalue weighted by Crippen LogP contribution is -2.42. The quantitative estimate of drug-likeness (QED) is 0.728. The maximum absolute atomic E-state index is 12.3. The molecule has 1 aromatic carbocycles. The number of unbranched alkanes of at least 4 members (excludes halogenated alkanes) is 1. The van der Waals surface area contributed by atoms with Gasteiger partial charge in [0.15, 0.2) is 0 Å². The van der Waals surface area contributed by atoms with Crippen LogP contribution in [0.4, 0.5) is 0 Å². The van der Waals surface area contributed by atoms with E-state index in [0.29, 0.717) is 30.4 Å². The second kappa shape index (κ2) is 8.70. The molecule has 1 amide bonds. The third kappa shape index (κ3) is 5.08. The fourth-order valence-electron chi connectivity index (χ4n) is 3.17. The molecule has 2 N–H and O–H groups in total. The first-order valence-corrected chi connectivity index (χ1v) is 8.72. The van der Waals surface area contributed by atoms with Crippen LogP contribution in [0, 0.1) is 5.92 Å². The molecule has 1 fully saturated rings. The van der Waals surface area contributed by atoms with Crippen molar-refractivity contribution < 1.29 is 14.7 Å². The molecule has 0 saturated heterocycles. The zero-order valence-electron chi connectivity index (χ0n) is 13.9. The van der Waals surface area contributed by atoms with E-state index in [0.717, 1.165) is 24.8 Å². The molecule has 1 unspecified atom stereocenters. The molecule has 1 atom stereocenters. The topological polar surface area (TPSA) is 66.4 Å². The average Bonchev–Trinajstić information content (AvgIpc) is 2.49. The van der Waals surface area contributed by atoms with E-state index in [1.54, 1.807) is 18.2 Å². The fraction of sp³-hybridized carbons (Fsp3) is 0.579. The monoisotopic (exact) mass is 317 g/mol. The lowest BCUT2D eigenvalue weighted by atomic mass is 9.78. The molecule has 1 aromatic rings. The normalized spacial score (nSPS) is 15.7. The molecular formula is C19H27NO3. The molecule has 1 saturated carbocycles. The van der Waals surface area contributed by atoms with Gasteiger partial charge in [-0.15, -0.1) is 0 Å². The van der Waals surface area contributed by atoms with Crippen LogP contribution in [0.5, 0.6) is 0 Å². The molecule has 1 aliphatic rings. The van der Waals surface area contributed by atoms with Crippen molar-refractivity contribution in [2.45, 2.75) is 64.3 Å². The van der Waals surface area contributed by atoms with Gasteiger partial charge in [0.25, 0.3) is 0 Å². The number of amides is 1. The van der Waals surface area contributed by atoms with Crippen molar-refractivity contribution in [2.24, 2.45) is 5.92 Å². The van der Waals surface area contributed by atoms with E-state index < -0.39 is 5.97 Å². The van der Waals surface area contributed by atoms with Crippen molar-refractivity contribution in [3.8, 4) is 0 Å². The third-order valence-corrected chi connectivity index (χ3v) is 4.80. The number of carbonyl (C=O) groups is 2. The molecule has 0 heterocycles. The van der Waals surface area contributed by atoms with Gasteiger partial charge in [-0.05, 0) is 43.2 Å². The van der Waals surface area contributed by atoms with Crippen LogP contribution in [0.15, 0.2) is 24.3 Å². The molecule has 23 heavy (non-hydrogen) atoms. The number of nitrogens with one attached hydrogen (secondary N) is 1. The highest BCUT2D eigenvalue weighted by Gasteiger charge is 2.27. The fourth-order valence-corrected chi connectivity index (χ4v) is 3.17. The van der Waals surface area contributed by atoms with Crippen molar-refractivity contribution in [3.05, 3.63) is 35.4 Å². The molecule has 0 spiro atoms. The Hall–Kier alpha value is -1.84. The maximum Gasteiger partial charge on any atom is 0.335 e. The summed E-state index contributed by atoms with van der Waals surface area (Å²) in [5.41, 5.74) is 1.02. The molecule has 0 bridgehead atoms. The Kier molecular flexibility index (Phi) is 6.63. The summed E-state index contributed by atoms with van der Waals surface area (Å²) in [6.07, 6.45) is 7.87. The van der Waals surface area contributed by atoms with E-state index in [1.807, 2.05) is 6.07 Å². The molecular weight excluding hydrogens is 290 g/mol. The van der Waals surface area contributed by atoms with Crippen molar-refractivity contribution in [1.82, 2.24) is 5.32 Å². The summed E-state index contributed by atoms with van der Waals surface area (Å²) in [6.45, 7) is 2.17. The molecule has 0 radical (unpaired) electrons. The Labute approximate surface area is 138 Å². The summed E-state index contributed by atoms with van der Waals surface area (Å²) < 4.78 is 0. The van der Waals surface area contributed by atoms with E-state index in [2.05, 4.69) is 12.2 Å². The standard InChI is InChI=1S/C19H27NO3/c1-2-3-11-17(15-8-6-9-15)20-18(21)13-12-14-7-4-5-10-16(14)19(22)23/h4-5,7,10,15,17H,2-3,6,8-9,11-13H2,1H3,(H,20,21)(H,22,23). The van der Waals surface area contributed by atoms with Crippen LogP contribution in [0.25, 0.3) is 0 Å². The van der Waals surface area contributed by atoms with Crippen molar-refractivity contribution in [1.29, 1.82) is 0 Å². The summed E-state index contributed by atoms with van der Waals surface area (Å²) in [5, 5.41) is 12.4. The minimum Gasteiger partial charge on any atom is -0.478 e. The molecule has 126 valence electrons. The van der Waals surface area contributed by atoms with Gasteiger partial charge in [0.1, 0.15) is 0 Å². The minimum atomic E-state index is -0.934. The van der Waals surface area contributed by atoms with E-state index in [9.17, 15) is 14.7 Å². The number of carboxylic acid groups (broad SMARTS) is 1. The first-order chi connectivity index (χ1) is 11.1. The first kappa shape index (κ1) is 17.5. The largest absolute Gasteiger partial charge is 0.478 e. The van der Waals surface area contributed by atoms with E-state index >= 15 is 0 Å². The van der Waals surface area contributed by atoms with Crippen molar-refractivity contribution in [3.63, 3.8) is 0 Å². The van der Waals surface area contributed by atoms with E-state index in [-0.39, 0.29) is 5.91 Å². The molecule has 4 nitrogen and oxygen atoms in total. The average molecular weight is 317 g/mol. The van der Waals surface area contributed by atoms with Crippen molar-refractivity contribution >= 4 is 11.9 Å². The Morgan fingerprint density at radius 2 is 2.04 bits per heavy atom. The molecule has 0 aliphatic heterocycles. The van der Waals surface area contributed by atoms with Crippen LogP contribution in [0.2, 0.25) is 0 Å². The second-order valence-corrected chi connectivity index (χ2v) is 6.47. The summed E-state index contributed by atoms with van der Waals surface area (Å²) >= 11 is 0. The SMILES string of the molecule is CCCCC(NC(=O)CCc1ccccc1C(=O)O)C1CCC1. The zero-order valence-corrected chi connectivity index (χ0v) is 13.9. The second-order valence-electron chi connectivity index (χ2n) is 6.47. The lowest BCUT2D eigenvalue weighted by Gasteiger charge is -2.34. The summed E-state index contributed by atoms with van der Waals surface area (Å²) in [6, 6.07) is 7.21. The van der Waals surface area contributed by atoms with Gasteiger partial charge in [-0.25, -0.2) is 4.79 Å². The zero-order chi connectivity index (χ0) is 16.7. The Morgan fingerprint density at radius 1 is 1.30 bits per heavy atom. The van der Waals surface area contributed by atoms with Crippen LogP contribution < -0.4 is 5.32 Å². The lowest BCUT2D eigenvalue weighted by molar-refractivity contribution is -0.122. The maximum atomic E-state index is 12.3. The third-order valence-electron chi connectivity index (χ3n) is 4.80. The number of rotatable bonds is 9. The number of hydrogen-bond acceptors (Lipinski definition) is 2. The molecule has 0 aromatic heterocycles. The van der Waals surface area contributed by atoms with Gasteiger partial charge in [-0.1, -0.05) is 44.4 Å². The predicted molar refractivity (Wildman–Crippen MR) is 90.5 cm³/mol. The van der Waals surface area contributed by atoms with Gasteiger partial charge in [-0.3, -0.25) is 4.79 Å². The number of benzene rings is 1. The van der Waals surface area contributed by atoms with E-state index in [1.165, 1.54) is 19.3 Å². The van der Waals surface area contributed by atoms with Crippen LogP contribution in [-0.2, 0) is 11.2 Å². The number of carbonyl (C=O) groups excluding carboxylic acids is 1. The van der Waals surface area contributed by atoms with Crippen LogP contribution in [-0.4, -0.2) is 23.0 Å². The summed E-state index contributed by atoms with van der Waals surface area (Å²) in [5.74, 6) is -0.258. The van der Waals surface area contributed by atoms with Gasteiger partial charge in [-0.2, -0.15) is 0 Å².